The molecule has 0 saturated heterocycles. The predicted molar refractivity (Wildman–Crippen MR) is 62.2 cm³/mol. The number of carbonyl (C=O) groups excluding carboxylic acids is 1. The third kappa shape index (κ3) is 4.23. The van der Waals surface area contributed by atoms with Crippen molar-refractivity contribution in [3.63, 3.8) is 0 Å². The molecule has 0 aromatic heterocycles. The molecule has 1 saturated carbocycles. The van der Waals surface area contributed by atoms with Crippen molar-refractivity contribution in [1.82, 2.24) is 10.2 Å². The van der Waals surface area contributed by atoms with Gasteiger partial charge in [-0.1, -0.05) is 6.42 Å². The maximum absolute atomic E-state index is 11.7. The molecule has 1 fully saturated rings. The molecule has 0 heterocycles. The zero-order valence-electron chi connectivity index (χ0n) is 10.3. The van der Waals surface area contributed by atoms with Crippen LogP contribution in [0.5, 0.6) is 0 Å². The van der Waals surface area contributed by atoms with Gasteiger partial charge in [-0.05, 0) is 18.8 Å². The first-order valence-corrected chi connectivity index (χ1v) is 5.86. The molecule has 0 aliphatic heterocycles. The number of hydrogen-bond donors (Lipinski definition) is 3. The van der Waals surface area contributed by atoms with Crippen molar-refractivity contribution in [2.24, 2.45) is 5.92 Å². The second kappa shape index (κ2) is 6.23. The quantitative estimate of drug-likeness (QED) is 0.637. The highest BCUT2D eigenvalue weighted by molar-refractivity contribution is 5.86. The van der Waals surface area contributed by atoms with Gasteiger partial charge in [0.05, 0.1) is 6.42 Å². The molecule has 1 rings (SSSR count). The summed E-state index contributed by atoms with van der Waals surface area (Å²) in [5, 5.41) is 19.6. The molecule has 0 spiro atoms. The monoisotopic (exact) mass is 258 g/mol. The maximum Gasteiger partial charge on any atom is 0.326 e. The van der Waals surface area contributed by atoms with Crippen LogP contribution in [0.1, 0.15) is 25.7 Å². The van der Waals surface area contributed by atoms with Crippen LogP contribution in [0.15, 0.2) is 0 Å². The van der Waals surface area contributed by atoms with Crippen LogP contribution in [0.2, 0.25) is 0 Å². The number of urea groups is 1. The molecular formula is C11H18N2O5. The van der Waals surface area contributed by atoms with Gasteiger partial charge < -0.3 is 20.4 Å². The van der Waals surface area contributed by atoms with Gasteiger partial charge in [-0.3, -0.25) is 4.79 Å². The van der Waals surface area contributed by atoms with E-state index in [1.807, 2.05) is 0 Å². The first kappa shape index (κ1) is 14.3. The number of carboxylic acid groups (broad SMARTS) is 2. The second-order valence-corrected chi connectivity index (χ2v) is 4.62. The van der Waals surface area contributed by atoms with E-state index in [4.69, 9.17) is 10.2 Å². The summed E-state index contributed by atoms with van der Waals surface area (Å²) in [5.74, 6) is -2.13. The largest absolute Gasteiger partial charge is 0.481 e. The Labute approximate surface area is 105 Å². The molecule has 0 radical (unpaired) electrons. The Morgan fingerprint density at radius 2 is 1.94 bits per heavy atom. The lowest BCUT2D eigenvalue weighted by atomic mass is 9.85. The first-order valence-electron chi connectivity index (χ1n) is 5.86. The van der Waals surface area contributed by atoms with E-state index in [1.165, 1.54) is 4.90 Å². The van der Waals surface area contributed by atoms with Gasteiger partial charge in [-0.2, -0.15) is 0 Å². The molecule has 7 nitrogen and oxygen atoms in total. The van der Waals surface area contributed by atoms with E-state index >= 15 is 0 Å². The normalized spacial score (nSPS) is 16.5. The number of aliphatic carboxylic acids is 2. The molecule has 0 aromatic rings. The highest BCUT2D eigenvalue weighted by Crippen LogP contribution is 2.26. The number of nitrogens with one attached hydrogen (secondary N) is 1. The minimum absolute atomic E-state index is 0.475. The molecule has 1 unspecified atom stereocenters. The molecule has 3 N–H and O–H groups in total. The van der Waals surface area contributed by atoms with Crippen LogP contribution < -0.4 is 5.32 Å². The molecule has 0 aromatic carbocycles. The minimum Gasteiger partial charge on any atom is -0.481 e. The third-order valence-corrected chi connectivity index (χ3v) is 3.08. The Bertz CT molecular complexity index is 340. The number of carboxylic acids is 2. The van der Waals surface area contributed by atoms with Crippen molar-refractivity contribution in [2.45, 2.75) is 31.7 Å². The van der Waals surface area contributed by atoms with Crippen molar-refractivity contribution in [3.8, 4) is 0 Å². The van der Waals surface area contributed by atoms with Gasteiger partial charge in [0.15, 0.2) is 0 Å². The van der Waals surface area contributed by atoms with Gasteiger partial charge in [0.2, 0.25) is 0 Å². The maximum atomic E-state index is 11.7. The van der Waals surface area contributed by atoms with E-state index in [0.717, 1.165) is 19.3 Å². The summed E-state index contributed by atoms with van der Waals surface area (Å²) in [6.45, 7) is 0.575. The molecule has 1 atom stereocenters. The lowest BCUT2D eigenvalue weighted by molar-refractivity contribution is -0.145. The van der Waals surface area contributed by atoms with E-state index in [1.54, 1.807) is 7.05 Å². The zero-order chi connectivity index (χ0) is 13.7. The van der Waals surface area contributed by atoms with E-state index in [0.29, 0.717) is 12.5 Å². The SMILES string of the molecule is CN(CC1CCC1)C(=O)NC(CC(=O)O)C(=O)O. The van der Waals surface area contributed by atoms with Crippen LogP contribution in [0, 0.1) is 5.92 Å². The summed E-state index contributed by atoms with van der Waals surface area (Å²) in [5.41, 5.74) is 0. The third-order valence-electron chi connectivity index (χ3n) is 3.08. The Morgan fingerprint density at radius 1 is 1.33 bits per heavy atom. The summed E-state index contributed by atoms with van der Waals surface area (Å²) < 4.78 is 0. The van der Waals surface area contributed by atoms with Gasteiger partial charge in [0, 0.05) is 13.6 Å². The van der Waals surface area contributed by atoms with Crippen LogP contribution in [0.4, 0.5) is 4.79 Å². The minimum atomic E-state index is -1.39. The van der Waals surface area contributed by atoms with E-state index in [9.17, 15) is 14.4 Å². The van der Waals surface area contributed by atoms with Gasteiger partial charge >= 0.3 is 18.0 Å². The standard InChI is InChI=1S/C11H18N2O5/c1-13(6-7-3-2-4-7)11(18)12-8(10(16)17)5-9(14)15/h7-8H,2-6H2,1H3,(H,12,18)(H,14,15)(H,16,17). The Kier molecular flexibility index (Phi) is 4.94. The molecular weight excluding hydrogens is 240 g/mol. The Balaban J connectivity index is 2.43. The van der Waals surface area contributed by atoms with E-state index in [-0.39, 0.29) is 0 Å². The van der Waals surface area contributed by atoms with Gasteiger partial charge in [0.25, 0.3) is 0 Å². The summed E-state index contributed by atoms with van der Waals surface area (Å²) in [7, 11) is 1.58. The summed E-state index contributed by atoms with van der Waals surface area (Å²) in [6.07, 6.45) is 2.69. The van der Waals surface area contributed by atoms with Crippen LogP contribution in [0.3, 0.4) is 0 Å². The smallest absolute Gasteiger partial charge is 0.326 e. The topological polar surface area (TPSA) is 107 Å². The lowest BCUT2D eigenvalue weighted by Crippen LogP contribution is -2.48. The van der Waals surface area contributed by atoms with Crippen molar-refractivity contribution in [2.75, 3.05) is 13.6 Å². The average Bonchev–Trinajstić information content (AvgIpc) is 2.21. The molecule has 1 aliphatic rings. The molecule has 7 heteroatoms. The number of hydrogen-bond acceptors (Lipinski definition) is 3. The van der Waals surface area contributed by atoms with Gasteiger partial charge in [-0.25, -0.2) is 9.59 Å². The molecule has 18 heavy (non-hydrogen) atoms. The van der Waals surface area contributed by atoms with E-state index < -0.39 is 30.4 Å². The molecule has 2 amide bonds. The summed E-state index contributed by atoms with van der Waals surface area (Å²) in [4.78, 5) is 34.3. The average molecular weight is 258 g/mol. The number of rotatable bonds is 6. The summed E-state index contributed by atoms with van der Waals surface area (Å²) in [6, 6.07) is -1.94. The second-order valence-electron chi connectivity index (χ2n) is 4.62. The van der Waals surface area contributed by atoms with Crippen LogP contribution in [-0.2, 0) is 9.59 Å². The Hall–Kier alpha value is -1.79. The van der Waals surface area contributed by atoms with Crippen LogP contribution in [-0.4, -0.2) is 52.7 Å². The van der Waals surface area contributed by atoms with Crippen molar-refractivity contribution in [1.29, 1.82) is 0 Å². The number of amides is 2. The van der Waals surface area contributed by atoms with E-state index in [2.05, 4.69) is 5.32 Å². The Morgan fingerprint density at radius 3 is 2.33 bits per heavy atom. The van der Waals surface area contributed by atoms with Crippen LogP contribution >= 0.6 is 0 Å². The number of carbonyl (C=O) groups is 3. The fourth-order valence-electron chi connectivity index (χ4n) is 1.78. The number of nitrogens with zero attached hydrogens (tertiary/aromatic N) is 1. The van der Waals surface area contributed by atoms with Crippen molar-refractivity contribution < 1.29 is 24.6 Å². The fraction of sp³-hybridized carbons (Fsp3) is 0.727. The first-order chi connectivity index (χ1) is 8.40. The fourth-order valence-corrected chi connectivity index (χ4v) is 1.78. The van der Waals surface area contributed by atoms with Crippen LogP contribution in [0.25, 0.3) is 0 Å². The highest BCUT2D eigenvalue weighted by Gasteiger charge is 2.26. The lowest BCUT2D eigenvalue weighted by Gasteiger charge is -2.30. The summed E-state index contributed by atoms with van der Waals surface area (Å²) >= 11 is 0. The molecule has 0 bridgehead atoms. The zero-order valence-corrected chi connectivity index (χ0v) is 10.3. The van der Waals surface area contributed by atoms with Crippen molar-refractivity contribution >= 4 is 18.0 Å². The van der Waals surface area contributed by atoms with Gasteiger partial charge in [-0.15, -0.1) is 0 Å². The highest BCUT2D eigenvalue weighted by atomic mass is 16.4. The van der Waals surface area contributed by atoms with Crippen molar-refractivity contribution in [3.05, 3.63) is 0 Å². The molecule has 102 valence electrons. The molecule has 1 aliphatic carbocycles. The predicted octanol–water partition coefficient (Wildman–Crippen LogP) is 0.356. The van der Waals surface area contributed by atoms with Gasteiger partial charge in [0.1, 0.15) is 6.04 Å².